The molecule has 0 amide bonds. The highest BCUT2D eigenvalue weighted by atomic mass is 19.4. The van der Waals surface area contributed by atoms with E-state index in [1.165, 1.54) is 6.08 Å². The molecule has 0 bridgehead atoms. The monoisotopic (exact) mass is 226 g/mol. The van der Waals surface area contributed by atoms with Crippen LogP contribution in [-0.2, 0) is 14.3 Å². The van der Waals surface area contributed by atoms with Gasteiger partial charge in [0.2, 0.25) is 0 Å². The summed E-state index contributed by atoms with van der Waals surface area (Å²) in [6.45, 7) is 1.48. The van der Waals surface area contributed by atoms with Gasteiger partial charge in [0.15, 0.2) is 0 Å². The highest BCUT2D eigenvalue weighted by molar-refractivity contribution is 5.81. The van der Waals surface area contributed by atoms with Crippen molar-refractivity contribution in [3.8, 4) is 0 Å². The van der Waals surface area contributed by atoms with Crippen LogP contribution < -0.4 is 0 Å². The highest BCUT2D eigenvalue weighted by Gasteiger charge is 2.26. The fourth-order valence-corrected chi connectivity index (χ4v) is 0.674. The SMILES string of the molecule is CCOC(=O)/C=C/COCCC(F)(F)F. The number of alkyl halides is 3. The van der Waals surface area contributed by atoms with Crippen molar-refractivity contribution in [2.75, 3.05) is 19.8 Å². The van der Waals surface area contributed by atoms with Crippen LogP contribution in [0.15, 0.2) is 12.2 Å². The zero-order valence-corrected chi connectivity index (χ0v) is 8.34. The predicted octanol–water partition coefficient (Wildman–Crippen LogP) is 2.07. The van der Waals surface area contributed by atoms with Gasteiger partial charge in [0.05, 0.1) is 26.2 Å². The molecule has 0 aromatic rings. The van der Waals surface area contributed by atoms with Gasteiger partial charge in [-0.1, -0.05) is 6.08 Å². The standard InChI is InChI=1S/C9H13F3O3/c1-2-15-8(13)4-3-6-14-7-5-9(10,11)12/h3-4H,2,5-7H2,1H3/b4-3+. The molecule has 0 radical (unpaired) electrons. The Morgan fingerprint density at radius 1 is 1.40 bits per heavy atom. The van der Waals surface area contributed by atoms with Gasteiger partial charge in [0, 0.05) is 6.08 Å². The third-order valence-corrected chi connectivity index (χ3v) is 1.28. The van der Waals surface area contributed by atoms with Crippen molar-refractivity contribution < 1.29 is 27.4 Å². The molecule has 0 aromatic carbocycles. The van der Waals surface area contributed by atoms with E-state index in [0.717, 1.165) is 6.08 Å². The predicted molar refractivity (Wildman–Crippen MR) is 47.3 cm³/mol. The third-order valence-electron chi connectivity index (χ3n) is 1.28. The van der Waals surface area contributed by atoms with Gasteiger partial charge in [0.25, 0.3) is 0 Å². The summed E-state index contributed by atoms with van der Waals surface area (Å²) >= 11 is 0. The van der Waals surface area contributed by atoms with Crippen LogP contribution in [0.4, 0.5) is 13.2 Å². The van der Waals surface area contributed by atoms with E-state index in [0.29, 0.717) is 0 Å². The number of carbonyl (C=O) groups is 1. The van der Waals surface area contributed by atoms with Crippen molar-refractivity contribution in [2.24, 2.45) is 0 Å². The second-order valence-corrected chi connectivity index (χ2v) is 2.59. The quantitative estimate of drug-likeness (QED) is 0.395. The van der Waals surface area contributed by atoms with Crippen LogP contribution in [0.2, 0.25) is 0 Å². The Balaban J connectivity index is 3.42. The first-order valence-electron chi connectivity index (χ1n) is 4.43. The lowest BCUT2D eigenvalue weighted by Crippen LogP contribution is -2.11. The maximum atomic E-state index is 11.6. The second-order valence-electron chi connectivity index (χ2n) is 2.59. The molecule has 0 saturated heterocycles. The number of halogens is 3. The molecule has 0 aliphatic carbocycles. The van der Waals surface area contributed by atoms with Gasteiger partial charge >= 0.3 is 12.1 Å². The van der Waals surface area contributed by atoms with Crippen molar-refractivity contribution in [3.05, 3.63) is 12.2 Å². The molecule has 0 atom stereocenters. The van der Waals surface area contributed by atoms with Gasteiger partial charge in [-0.15, -0.1) is 0 Å². The van der Waals surface area contributed by atoms with E-state index in [4.69, 9.17) is 0 Å². The molecule has 88 valence electrons. The molecule has 3 nitrogen and oxygen atoms in total. The first-order chi connectivity index (χ1) is 6.95. The fraction of sp³-hybridized carbons (Fsp3) is 0.667. The van der Waals surface area contributed by atoms with Gasteiger partial charge in [-0.05, 0) is 6.92 Å². The summed E-state index contributed by atoms with van der Waals surface area (Å²) in [5, 5.41) is 0. The number of rotatable bonds is 6. The molecule has 0 saturated carbocycles. The Morgan fingerprint density at radius 2 is 2.07 bits per heavy atom. The largest absolute Gasteiger partial charge is 0.463 e. The molecule has 0 unspecified atom stereocenters. The highest BCUT2D eigenvalue weighted by Crippen LogP contribution is 2.18. The maximum absolute atomic E-state index is 11.6. The smallest absolute Gasteiger partial charge is 0.391 e. The van der Waals surface area contributed by atoms with E-state index >= 15 is 0 Å². The maximum Gasteiger partial charge on any atom is 0.391 e. The van der Waals surface area contributed by atoms with E-state index in [2.05, 4.69) is 9.47 Å². The third kappa shape index (κ3) is 10.9. The number of carbonyl (C=O) groups excluding carboxylic acids is 1. The molecule has 0 rings (SSSR count). The summed E-state index contributed by atoms with van der Waals surface area (Å²) in [7, 11) is 0. The van der Waals surface area contributed by atoms with Crippen molar-refractivity contribution in [3.63, 3.8) is 0 Å². The fourth-order valence-electron chi connectivity index (χ4n) is 0.674. The molecule has 0 N–H and O–H groups in total. The lowest BCUT2D eigenvalue weighted by atomic mass is 10.4. The van der Waals surface area contributed by atoms with Crippen LogP contribution in [0.25, 0.3) is 0 Å². The number of hydrogen-bond acceptors (Lipinski definition) is 3. The first kappa shape index (κ1) is 14.0. The van der Waals surface area contributed by atoms with Crippen LogP contribution in [0.5, 0.6) is 0 Å². The average molecular weight is 226 g/mol. The van der Waals surface area contributed by atoms with Gasteiger partial charge in [-0.3, -0.25) is 0 Å². The second kappa shape index (κ2) is 7.28. The summed E-state index contributed by atoms with van der Waals surface area (Å²) in [5.74, 6) is -0.531. The molecule has 0 fully saturated rings. The Hall–Kier alpha value is -1.04. The lowest BCUT2D eigenvalue weighted by molar-refractivity contribution is -0.144. The zero-order valence-electron chi connectivity index (χ0n) is 8.34. The van der Waals surface area contributed by atoms with Gasteiger partial charge < -0.3 is 9.47 Å². The summed E-state index contributed by atoms with van der Waals surface area (Å²) in [6.07, 6.45) is -2.75. The summed E-state index contributed by atoms with van der Waals surface area (Å²) in [4.78, 5) is 10.7. The average Bonchev–Trinajstić information content (AvgIpc) is 2.09. The summed E-state index contributed by atoms with van der Waals surface area (Å²) < 4.78 is 44.0. The number of esters is 1. The Bertz CT molecular complexity index is 211. The molecular weight excluding hydrogens is 213 g/mol. The van der Waals surface area contributed by atoms with Gasteiger partial charge in [-0.2, -0.15) is 13.2 Å². The van der Waals surface area contributed by atoms with Crippen LogP contribution in [0.3, 0.4) is 0 Å². The van der Waals surface area contributed by atoms with Crippen molar-refractivity contribution in [1.29, 1.82) is 0 Å². The Kier molecular flexibility index (Phi) is 6.77. The molecule has 0 aliphatic heterocycles. The summed E-state index contributed by atoms with van der Waals surface area (Å²) in [5.41, 5.74) is 0. The topological polar surface area (TPSA) is 35.5 Å². The van der Waals surface area contributed by atoms with E-state index in [1.54, 1.807) is 6.92 Å². The molecule has 0 aromatic heterocycles. The van der Waals surface area contributed by atoms with E-state index in [1.807, 2.05) is 0 Å². The minimum Gasteiger partial charge on any atom is -0.463 e. The zero-order chi connectivity index (χ0) is 11.7. The van der Waals surface area contributed by atoms with Gasteiger partial charge in [0.1, 0.15) is 0 Å². The Morgan fingerprint density at radius 3 is 2.60 bits per heavy atom. The molecule has 0 spiro atoms. The summed E-state index contributed by atoms with van der Waals surface area (Å²) in [6, 6.07) is 0. The minimum absolute atomic E-state index is 0.0328. The van der Waals surface area contributed by atoms with Crippen molar-refractivity contribution in [1.82, 2.24) is 0 Å². The van der Waals surface area contributed by atoms with Crippen LogP contribution in [0.1, 0.15) is 13.3 Å². The van der Waals surface area contributed by atoms with Crippen LogP contribution in [0, 0.1) is 0 Å². The normalized spacial score (nSPS) is 12.0. The van der Waals surface area contributed by atoms with Crippen molar-refractivity contribution in [2.45, 2.75) is 19.5 Å². The van der Waals surface area contributed by atoms with E-state index < -0.39 is 25.2 Å². The van der Waals surface area contributed by atoms with Crippen molar-refractivity contribution >= 4 is 5.97 Å². The first-order valence-corrected chi connectivity index (χ1v) is 4.43. The molecule has 0 aliphatic rings. The van der Waals surface area contributed by atoms with Crippen LogP contribution in [-0.4, -0.2) is 32.0 Å². The molecule has 15 heavy (non-hydrogen) atoms. The van der Waals surface area contributed by atoms with E-state index in [-0.39, 0.29) is 13.2 Å². The Labute approximate surface area is 85.9 Å². The lowest BCUT2D eigenvalue weighted by Gasteiger charge is -2.04. The molecular formula is C9H13F3O3. The van der Waals surface area contributed by atoms with Crippen LogP contribution >= 0.6 is 0 Å². The number of hydrogen-bond donors (Lipinski definition) is 0. The number of ether oxygens (including phenoxy) is 2. The molecule has 0 heterocycles. The van der Waals surface area contributed by atoms with E-state index in [9.17, 15) is 18.0 Å². The minimum atomic E-state index is -4.20. The van der Waals surface area contributed by atoms with Gasteiger partial charge in [-0.25, -0.2) is 4.79 Å². The molecule has 6 heteroatoms.